The van der Waals surface area contributed by atoms with Crippen molar-refractivity contribution in [1.82, 2.24) is 10.7 Å². The predicted molar refractivity (Wildman–Crippen MR) is 59.9 cm³/mol. The number of hydrogen-bond acceptors (Lipinski definition) is 2. The molecule has 1 saturated carbocycles. The van der Waals surface area contributed by atoms with Crippen LogP contribution in [0.1, 0.15) is 39.5 Å². The van der Waals surface area contributed by atoms with Crippen LogP contribution in [0.5, 0.6) is 0 Å². The Labute approximate surface area is 86.3 Å². The summed E-state index contributed by atoms with van der Waals surface area (Å²) in [6, 6.07) is 0.594. The highest BCUT2D eigenvalue weighted by atomic mass is 15.3. The summed E-state index contributed by atoms with van der Waals surface area (Å²) >= 11 is 0. The molecule has 1 aliphatic carbocycles. The van der Waals surface area contributed by atoms with Crippen LogP contribution in [0.4, 0.5) is 0 Å². The summed E-state index contributed by atoms with van der Waals surface area (Å²) in [5, 5.41) is 3.31. The second-order valence-electron chi connectivity index (χ2n) is 3.88. The van der Waals surface area contributed by atoms with Crippen molar-refractivity contribution >= 4 is 5.96 Å². The van der Waals surface area contributed by atoms with Gasteiger partial charge in [-0.3, -0.25) is 10.4 Å². The van der Waals surface area contributed by atoms with Gasteiger partial charge in [0.2, 0.25) is 5.96 Å². The van der Waals surface area contributed by atoms with Crippen molar-refractivity contribution in [3.63, 3.8) is 0 Å². The SMILES string of the molecule is CCCCN=C(NN)NC1CC1CC. The van der Waals surface area contributed by atoms with Crippen molar-refractivity contribution < 1.29 is 0 Å². The number of hydrogen-bond donors (Lipinski definition) is 3. The molecule has 0 saturated heterocycles. The van der Waals surface area contributed by atoms with E-state index in [1.54, 1.807) is 0 Å². The molecule has 1 rings (SSSR count). The van der Waals surface area contributed by atoms with E-state index in [-0.39, 0.29) is 0 Å². The van der Waals surface area contributed by atoms with Gasteiger partial charge in [-0.2, -0.15) is 0 Å². The minimum atomic E-state index is 0.594. The second kappa shape index (κ2) is 5.86. The van der Waals surface area contributed by atoms with Crippen molar-refractivity contribution in [2.45, 2.75) is 45.6 Å². The molecule has 0 aromatic carbocycles. The number of unbranched alkanes of at least 4 members (excludes halogenated alkanes) is 1. The molecule has 0 aromatic rings. The molecule has 0 amide bonds. The number of guanidine groups is 1. The summed E-state index contributed by atoms with van der Waals surface area (Å²) in [4.78, 5) is 4.35. The minimum absolute atomic E-state index is 0.594. The second-order valence-corrected chi connectivity index (χ2v) is 3.88. The first-order valence-corrected chi connectivity index (χ1v) is 5.59. The van der Waals surface area contributed by atoms with Crippen LogP contribution in [0.2, 0.25) is 0 Å². The highest BCUT2D eigenvalue weighted by molar-refractivity contribution is 5.79. The molecule has 1 fully saturated rings. The van der Waals surface area contributed by atoms with Gasteiger partial charge in [0.25, 0.3) is 0 Å². The molecule has 0 spiro atoms. The molecular formula is C10H22N4. The van der Waals surface area contributed by atoms with Crippen LogP contribution in [0.15, 0.2) is 4.99 Å². The Bertz CT molecular complexity index is 191. The van der Waals surface area contributed by atoms with Crippen molar-refractivity contribution in [3.05, 3.63) is 0 Å². The maximum absolute atomic E-state index is 5.37. The van der Waals surface area contributed by atoms with Gasteiger partial charge in [-0.1, -0.05) is 26.7 Å². The van der Waals surface area contributed by atoms with E-state index in [0.29, 0.717) is 6.04 Å². The molecule has 0 aliphatic heterocycles. The van der Waals surface area contributed by atoms with Crippen LogP contribution in [-0.4, -0.2) is 18.5 Å². The fraction of sp³-hybridized carbons (Fsp3) is 0.900. The monoisotopic (exact) mass is 198 g/mol. The molecule has 0 bridgehead atoms. The maximum atomic E-state index is 5.37. The zero-order valence-electron chi connectivity index (χ0n) is 9.21. The van der Waals surface area contributed by atoms with Gasteiger partial charge < -0.3 is 5.32 Å². The Morgan fingerprint density at radius 3 is 2.79 bits per heavy atom. The van der Waals surface area contributed by atoms with Gasteiger partial charge in [-0.05, 0) is 18.8 Å². The quantitative estimate of drug-likeness (QED) is 0.203. The van der Waals surface area contributed by atoms with Crippen LogP contribution < -0.4 is 16.6 Å². The summed E-state index contributed by atoms with van der Waals surface area (Å²) in [7, 11) is 0. The van der Waals surface area contributed by atoms with E-state index < -0.39 is 0 Å². The average Bonchev–Trinajstić information content (AvgIpc) is 2.95. The Kier molecular flexibility index (Phi) is 4.73. The van der Waals surface area contributed by atoms with E-state index in [1.165, 1.54) is 19.3 Å². The third-order valence-corrected chi connectivity index (χ3v) is 2.69. The summed E-state index contributed by atoms with van der Waals surface area (Å²) in [5.74, 6) is 6.94. The van der Waals surface area contributed by atoms with Crippen molar-refractivity contribution in [3.8, 4) is 0 Å². The van der Waals surface area contributed by atoms with E-state index in [2.05, 4.69) is 29.6 Å². The first-order chi connectivity index (χ1) is 6.81. The summed E-state index contributed by atoms with van der Waals surface area (Å²) in [5.41, 5.74) is 2.62. The minimum Gasteiger partial charge on any atom is -0.352 e. The number of rotatable bonds is 5. The molecule has 14 heavy (non-hydrogen) atoms. The van der Waals surface area contributed by atoms with Crippen LogP contribution in [0, 0.1) is 5.92 Å². The molecule has 2 unspecified atom stereocenters. The van der Waals surface area contributed by atoms with Gasteiger partial charge in [-0.15, -0.1) is 0 Å². The largest absolute Gasteiger partial charge is 0.352 e. The summed E-state index contributed by atoms with van der Waals surface area (Å²) in [6.45, 7) is 5.23. The fourth-order valence-corrected chi connectivity index (χ4v) is 1.53. The lowest BCUT2D eigenvalue weighted by atomic mass is 10.3. The highest BCUT2D eigenvalue weighted by Gasteiger charge is 2.35. The molecule has 4 heteroatoms. The van der Waals surface area contributed by atoms with Crippen molar-refractivity contribution in [1.29, 1.82) is 0 Å². The third-order valence-electron chi connectivity index (χ3n) is 2.69. The van der Waals surface area contributed by atoms with E-state index >= 15 is 0 Å². The van der Waals surface area contributed by atoms with Crippen LogP contribution >= 0.6 is 0 Å². The molecule has 4 N–H and O–H groups in total. The predicted octanol–water partition coefficient (Wildman–Crippen LogP) is 0.994. The van der Waals surface area contributed by atoms with E-state index in [1.807, 2.05) is 0 Å². The molecule has 0 radical (unpaired) electrons. The average molecular weight is 198 g/mol. The molecule has 0 heterocycles. The number of nitrogens with two attached hydrogens (primary N) is 1. The topological polar surface area (TPSA) is 62.4 Å². The standard InChI is InChI=1S/C10H22N4/c1-3-5-6-12-10(14-11)13-9-7-8(9)4-2/h8-9H,3-7,11H2,1-2H3,(H2,12,13,14). The first kappa shape index (κ1) is 11.3. The lowest BCUT2D eigenvalue weighted by Gasteiger charge is -2.08. The van der Waals surface area contributed by atoms with Crippen LogP contribution in [0.25, 0.3) is 0 Å². The van der Waals surface area contributed by atoms with Crippen LogP contribution in [-0.2, 0) is 0 Å². The Hall–Kier alpha value is -0.770. The number of nitrogens with one attached hydrogen (secondary N) is 2. The summed E-state index contributed by atoms with van der Waals surface area (Å²) < 4.78 is 0. The first-order valence-electron chi connectivity index (χ1n) is 5.59. The zero-order valence-corrected chi connectivity index (χ0v) is 9.21. The van der Waals surface area contributed by atoms with Crippen molar-refractivity contribution in [2.75, 3.05) is 6.54 Å². The smallest absolute Gasteiger partial charge is 0.205 e. The zero-order chi connectivity index (χ0) is 10.4. The third kappa shape index (κ3) is 3.54. The highest BCUT2D eigenvalue weighted by Crippen LogP contribution is 2.32. The fourth-order valence-electron chi connectivity index (χ4n) is 1.53. The maximum Gasteiger partial charge on any atom is 0.205 e. The normalized spacial score (nSPS) is 26.1. The van der Waals surface area contributed by atoms with E-state index in [9.17, 15) is 0 Å². The van der Waals surface area contributed by atoms with Gasteiger partial charge in [0.15, 0.2) is 0 Å². The van der Waals surface area contributed by atoms with Gasteiger partial charge in [-0.25, -0.2) is 5.84 Å². The van der Waals surface area contributed by atoms with Crippen LogP contribution in [0.3, 0.4) is 0 Å². The van der Waals surface area contributed by atoms with Gasteiger partial charge >= 0.3 is 0 Å². The van der Waals surface area contributed by atoms with Gasteiger partial charge in [0.1, 0.15) is 0 Å². The molecule has 1 aliphatic rings. The molecule has 4 nitrogen and oxygen atoms in total. The Morgan fingerprint density at radius 1 is 1.50 bits per heavy atom. The van der Waals surface area contributed by atoms with Gasteiger partial charge in [0, 0.05) is 12.6 Å². The molecule has 0 aromatic heterocycles. The van der Waals surface area contributed by atoms with E-state index in [4.69, 9.17) is 5.84 Å². The number of hydrazine groups is 1. The lowest BCUT2D eigenvalue weighted by Crippen LogP contribution is -2.43. The lowest BCUT2D eigenvalue weighted by molar-refractivity contribution is 0.703. The van der Waals surface area contributed by atoms with Crippen molar-refractivity contribution in [2.24, 2.45) is 16.8 Å². The van der Waals surface area contributed by atoms with E-state index in [0.717, 1.165) is 24.8 Å². The Balaban J connectivity index is 2.21. The number of nitrogens with zero attached hydrogens (tertiary/aromatic N) is 1. The molecule has 82 valence electrons. The van der Waals surface area contributed by atoms with Gasteiger partial charge in [0.05, 0.1) is 0 Å². The Morgan fingerprint density at radius 2 is 2.29 bits per heavy atom. The molecule has 2 atom stereocenters. The number of aliphatic imine (C=N–C) groups is 1. The summed E-state index contributed by atoms with van der Waals surface area (Å²) in [6.07, 6.45) is 4.78. The molecular weight excluding hydrogens is 176 g/mol.